The van der Waals surface area contributed by atoms with E-state index < -0.39 is 14.9 Å². The van der Waals surface area contributed by atoms with Crippen molar-refractivity contribution in [3.8, 4) is 11.1 Å². The van der Waals surface area contributed by atoms with E-state index in [-0.39, 0.29) is 17.1 Å². The molecule has 0 aliphatic heterocycles. The van der Waals surface area contributed by atoms with Crippen LogP contribution in [0.4, 0.5) is 11.4 Å². The SMILES string of the molecule is CCN(c1ccccc1-c1ccccc1)S(=O)(=O)c1ccc(C)c([N+](=O)[O-])c1. The van der Waals surface area contributed by atoms with Crippen LogP contribution in [0.25, 0.3) is 11.1 Å². The summed E-state index contributed by atoms with van der Waals surface area (Å²) < 4.78 is 28.0. The summed E-state index contributed by atoms with van der Waals surface area (Å²) in [6, 6.07) is 20.7. The van der Waals surface area contributed by atoms with Crippen LogP contribution in [0.15, 0.2) is 77.7 Å². The van der Waals surface area contributed by atoms with Crippen LogP contribution in [0.5, 0.6) is 0 Å². The second-order valence-electron chi connectivity index (χ2n) is 6.26. The molecule has 7 heteroatoms. The van der Waals surface area contributed by atoms with E-state index in [1.54, 1.807) is 26.0 Å². The lowest BCUT2D eigenvalue weighted by Gasteiger charge is -2.25. The average Bonchev–Trinajstić information content (AvgIpc) is 2.69. The summed E-state index contributed by atoms with van der Waals surface area (Å²) in [5, 5.41) is 11.2. The largest absolute Gasteiger partial charge is 0.273 e. The lowest BCUT2D eigenvalue weighted by atomic mass is 10.0. The van der Waals surface area contributed by atoms with Crippen LogP contribution >= 0.6 is 0 Å². The lowest BCUT2D eigenvalue weighted by Crippen LogP contribution is -2.31. The molecule has 3 aromatic carbocycles. The molecule has 28 heavy (non-hydrogen) atoms. The van der Waals surface area contributed by atoms with Crippen molar-refractivity contribution in [2.45, 2.75) is 18.7 Å². The molecule has 3 aromatic rings. The van der Waals surface area contributed by atoms with Gasteiger partial charge in [-0.3, -0.25) is 14.4 Å². The minimum absolute atomic E-state index is 0.102. The highest BCUT2D eigenvalue weighted by molar-refractivity contribution is 7.92. The highest BCUT2D eigenvalue weighted by Crippen LogP contribution is 2.34. The van der Waals surface area contributed by atoms with Crippen LogP contribution < -0.4 is 4.31 Å². The van der Waals surface area contributed by atoms with Gasteiger partial charge in [0.1, 0.15) is 0 Å². The first-order chi connectivity index (χ1) is 13.4. The van der Waals surface area contributed by atoms with E-state index in [0.29, 0.717) is 11.3 Å². The number of para-hydroxylation sites is 1. The number of sulfonamides is 1. The number of aryl methyl sites for hydroxylation is 1. The van der Waals surface area contributed by atoms with Crippen LogP contribution in [0.2, 0.25) is 0 Å². The van der Waals surface area contributed by atoms with Crippen LogP contribution in [-0.4, -0.2) is 19.9 Å². The van der Waals surface area contributed by atoms with Crippen LogP contribution in [-0.2, 0) is 10.0 Å². The van der Waals surface area contributed by atoms with E-state index in [1.165, 1.54) is 16.4 Å². The normalized spacial score (nSPS) is 11.2. The molecule has 0 radical (unpaired) electrons. The topological polar surface area (TPSA) is 80.5 Å². The number of nitrogens with zero attached hydrogens (tertiary/aromatic N) is 2. The summed E-state index contributed by atoms with van der Waals surface area (Å²) in [6.07, 6.45) is 0. The summed E-state index contributed by atoms with van der Waals surface area (Å²) in [7, 11) is -3.98. The molecule has 3 rings (SSSR count). The van der Waals surface area contributed by atoms with Crippen molar-refractivity contribution in [2.24, 2.45) is 0 Å². The van der Waals surface area contributed by atoms with Crippen LogP contribution in [0.1, 0.15) is 12.5 Å². The van der Waals surface area contributed by atoms with Crippen LogP contribution in [0, 0.1) is 17.0 Å². The van der Waals surface area contributed by atoms with E-state index >= 15 is 0 Å². The Labute approximate surface area is 164 Å². The molecule has 0 aromatic heterocycles. The van der Waals surface area contributed by atoms with Gasteiger partial charge in [0.25, 0.3) is 15.7 Å². The first-order valence-electron chi connectivity index (χ1n) is 8.78. The molecule has 0 atom stereocenters. The quantitative estimate of drug-likeness (QED) is 0.443. The Kier molecular flexibility index (Phi) is 5.46. The fourth-order valence-corrected chi connectivity index (χ4v) is 4.61. The van der Waals surface area contributed by atoms with Gasteiger partial charge in [0, 0.05) is 23.7 Å². The first-order valence-corrected chi connectivity index (χ1v) is 10.2. The number of anilines is 1. The third-order valence-electron chi connectivity index (χ3n) is 4.51. The maximum absolute atomic E-state index is 13.3. The van der Waals surface area contributed by atoms with Crippen molar-refractivity contribution in [3.05, 3.63) is 88.5 Å². The number of hydrogen-bond acceptors (Lipinski definition) is 4. The Morgan fingerprint density at radius 2 is 1.61 bits per heavy atom. The Balaban J connectivity index is 2.15. The zero-order chi connectivity index (χ0) is 20.3. The zero-order valence-corrected chi connectivity index (χ0v) is 16.4. The Morgan fingerprint density at radius 3 is 2.25 bits per heavy atom. The molecular weight excluding hydrogens is 376 g/mol. The van der Waals surface area contributed by atoms with E-state index in [0.717, 1.165) is 17.2 Å². The van der Waals surface area contributed by atoms with Gasteiger partial charge in [-0.15, -0.1) is 0 Å². The van der Waals surface area contributed by atoms with Crippen molar-refractivity contribution in [3.63, 3.8) is 0 Å². The van der Waals surface area contributed by atoms with Gasteiger partial charge in [0.15, 0.2) is 0 Å². The molecule has 0 heterocycles. The van der Waals surface area contributed by atoms with Gasteiger partial charge in [-0.2, -0.15) is 0 Å². The van der Waals surface area contributed by atoms with Crippen molar-refractivity contribution in [2.75, 3.05) is 10.8 Å². The van der Waals surface area contributed by atoms with Crippen molar-refractivity contribution >= 4 is 21.4 Å². The molecule has 0 saturated heterocycles. The first kappa shape index (κ1) is 19.6. The molecule has 0 aliphatic carbocycles. The summed E-state index contributed by atoms with van der Waals surface area (Å²) in [5.41, 5.74) is 2.39. The van der Waals surface area contributed by atoms with Gasteiger partial charge in [-0.05, 0) is 31.5 Å². The van der Waals surface area contributed by atoms with Gasteiger partial charge >= 0.3 is 0 Å². The van der Waals surface area contributed by atoms with Crippen molar-refractivity contribution in [1.82, 2.24) is 0 Å². The summed E-state index contributed by atoms with van der Waals surface area (Å²) in [5.74, 6) is 0. The molecule has 0 fully saturated rings. The predicted octanol–water partition coefficient (Wildman–Crippen LogP) is 4.79. The maximum atomic E-state index is 13.3. The summed E-state index contributed by atoms with van der Waals surface area (Å²) in [6.45, 7) is 3.51. The molecule has 6 nitrogen and oxygen atoms in total. The second-order valence-corrected chi connectivity index (χ2v) is 8.12. The van der Waals surface area contributed by atoms with E-state index in [1.807, 2.05) is 42.5 Å². The predicted molar refractivity (Wildman–Crippen MR) is 110 cm³/mol. The monoisotopic (exact) mass is 396 g/mol. The highest BCUT2D eigenvalue weighted by Gasteiger charge is 2.27. The molecule has 0 saturated carbocycles. The van der Waals surface area contributed by atoms with Gasteiger partial charge in [-0.25, -0.2) is 8.42 Å². The molecule has 0 unspecified atom stereocenters. The Morgan fingerprint density at radius 1 is 0.964 bits per heavy atom. The molecule has 0 N–H and O–H groups in total. The minimum Gasteiger partial charge on any atom is -0.266 e. The minimum atomic E-state index is -3.98. The number of hydrogen-bond donors (Lipinski definition) is 0. The van der Waals surface area contributed by atoms with E-state index in [4.69, 9.17) is 0 Å². The summed E-state index contributed by atoms with van der Waals surface area (Å²) in [4.78, 5) is 10.6. The fraction of sp³-hybridized carbons (Fsp3) is 0.143. The lowest BCUT2D eigenvalue weighted by molar-refractivity contribution is -0.385. The smallest absolute Gasteiger partial charge is 0.266 e. The fourth-order valence-electron chi connectivity index (χ4n) is 3.10. The highest BCUT2D eigenvalue weighted by atomic mass is 32.2. The van der Waals surface area contributed by atoms with Crippen molar-refractivity contribution in [1.29, 1.82) is 0 Å². The molecule has 0 spiro atoms. The standard InChI is InChI=1S/C21H20N2O4S/c1-3-22(20-12-8-7-11-19(20)17-9-5-4-6-10-17)28(26,27)18-14-13-16(2)21(15-18)23(24)25/h4-15H,3H2,1-2H3. The van der Waals surface area contributed by atoms with Gasteiger partial charge in [0.2, 0.25) is 0 Å². The Hall–Kier alpha value is -3.19. The van der Waals surface area contributed by atoms with Crippen molar-refractivity contribution < 1.29 is 13.3 Å². The second kappa shape index (κ2) is 7.82. The molecule has 144 valence electrons. The zero-order valence-electron chi connectivity index (χ0n) is 15.6. The molecular formula is C21H20N2O4S. The molecule has 0 aliphatic rings. The summed E-state index contributed by atoms with van der Waals surface area (Å²) >= 11 is 0. The van der Waals surface area contributed by atoms with Gasteiger partial charge < -0.3 is 0 Å². The van der Waals surface area contributed by atoms with Gasteiger partial charge in [-0.1, -0.05) is 54.6 Å². The Bertz CT molecular complexity index is 1110. The number of nitro groups is 1. The molecule has 0 bridgehead atoms. The average molecular weight is 396 g/mol. The maximum Gasteiger partial charge on any atom is 0.273 e. The third-order valence-corrected chi connectivity index (χ3v) is 6.39. The van der Waals surface area contributed by atoms with Crippen LogP contribution in [0.3, 0.4) is 0 Å². The number of benzene rings is 3. The van der Waals surface area contributed by atoms with E-state index in [9.17, 15) is 18.5 Å². The number of nitro benzene ring substituents is 1. The number of rotatable bonds is 6. The van der Waals surface area contributed by atoms with E-state index in [2.05, 4.69) is 0 Å². The third kappa shape index (κ3) is 3.61. The van der Waals surface area contributed by atoms with Gasteiger partial charge in [0.05, 0.1) is 15.5 Å². The molecule has 0 amide bonds.